The topological polar surface area (TPSA) is 92.0 Å². The highest BCUT2D eigenvalue weighted by atomic mass is 32.2. The summed E-state index contributed by atoms with van der Waals surface area (Å²) in [6.45, 7) is 2.63. The van der Waals surface area contributed by atoms with Gasteiger partial charge in [0.25, 0.3) is 0 Å². The summed E-state index contributed by atoms with van der Waals surface area (Å²) in [4.78, 5) is 2.20. The Kier molecular flexibility index (Phi) is 6.91. The Morgan fingerprint density at radius 2 is 1.70 bits per heavy atom. The van der Waals surface area contributed by atoms with Gasteiger partial charge in [-0.2, -0.15) is 25.9 Å². The van der Waals surface area contributed by atoms with Crippen LogP contribution in [0.4, 0.5) is 23.2 Å². The molecule has 0 unspecified atom stereocenters. The van der Waals surface area contributed by atoms with Gasteiger partial charge in [-0.25, -0.2) is 4.39 Å². The number of halogens is 4. The fourth-order valence-corrected chi connectivity index (χ4v) is 5.78. The van der Waals surface area contributed by atoms with E-state index in [9.17, 15) is 21.6 Å². The van der Waals surface area contributed by atoms with Crippen LogP contribution in [-0.2, 0) is 27.7 Å². The van der Waals surface area contributed by atoms with E-state index in [0.29, 0.717) is 38.0 Å². The maximum Gasteiger partial charge on any atom is 0.470 e. The number of rotatable bonds is 7. The van der Waals surface area contributed by atoms with Crippen molar-refractivity contribution in [2.75, 3.05) is 43.7 Å². The summed E-state index contributed by atoms with van der Waals surface area (Å²) in [5.74, 6) is -2.87. The Morgan fingerprint density at radius 3 is 2.27 bits per heavy atom. The number of piperazine rings is 1. The summed E-state index contributed by atoms with van der Waals surface area (Å²) < 4.78 is 93.1. The lowest BCUT2D eigenvalue weighted by molar-refractivity contribution is -0.156. The van der Waals surface area contributed by atoms with Crippen molar-refractivity contribution in [2.45, 2.75) is 18.8 Å². The number of hydrogen-bond acceptors (Lipinski definition) is 7. The molecule has 0 aliphatic carbocycles. The molecule has 2 fully saturated rings. The first-order valence-corrected chi connectivity index (χ1v) is 12.9. The second kappa shape index (κ2) is 10.0. The Hall–Kier alpha value is -3.07. The van der Waals surface area contributed by atoms with Crippen LogP contribution in [-0.4, -0.2) is 73.3 Å². The van der Waals surface area contributed by atoms with Crippen LogP contribution in [0.5, 0.6) is 0 Å². The van der Waals surface area contributed by atoms with Gasteiger partial charge in [-0.1, -0.05) is 24.3 Å². The van der Waals surface area contributed by atoms with E-state index in [1.54, 1.807) is 30.3 Å². The second-order valence-corrected chi connectivity index (χ2v) is 10.5. The first-order valence-electron chi connectivity index (χ1n) is 11.5. The predicted molar refractivity (Wildman–Crippen MR) is 124 cm³/mol. The van der Waals surface area contributed by atoms with Crippen molar-refractivity contribution in [3.63, 3.8) is 0 Å². The number of ether oxygens (including phenoxy) is 1. The zero-order chi connectivity index (χ0) is 26.2. The van der Waals surface area contributed by atoms with Crippen LogP contribution in [0.15, 0.2) is 52.9 Å². The predicted octanol–water partition coefficient (Wildman–Crippen LogP) is 3.16. The Balaban J connectivity index is 1.38. The number of hydrogen-bond donors (Lipinski definition) is 0. The van der Waals surface area contributed by atoms with Gasteiger partial charge in [0.1, 0.15) is 5.82 Å². The molecule has 14 heteroatoms. The average molecular weight is 542 g/mol. The normalized spacial score (nSPS) is 18.1. The van der Waals surface area contributed by atoms with Gasteiger partial charge in [-0.05, 0) is 24.3 Å². The molecule has 2 aromatic carbocycles. The maximum absolute atomic E-state index is 15.1. The van der Waals surface area contributed by atoms with Crippen LogP contribution in [0.2, 0.25) is 0 Å². The van der Waals surface area contributed by atoms with Crippen molar-refractivity contribution in [2.24, 2.45) is 0 Å². The van der Waals surface area contributed by atoms with Crippen LogP contribution in [0.3, 0.4) is 0 Å². The summed E-state index contributed by atoms with van der Waals surface area (Å²) in [6, 6.07) is 12.2. The number of anilines is 1. The summed E-state index contributed by atoms with van der Waals surface area (Å²) in [6.07, 6.45) is -4.83. The molecule has 0 bridgehead atoms. The van der Waals surface area contributed by atoms with E-state index in [1.807, 2.05) is 0 Å². The second-order valence-electron chi connectivity index (χ2n) is 8.69. The molecule has 3 aromatic rings. The van der Waals surface area contributed by atoms with Gasteiger partial charge in [-0.3, -0.25) is 9.21 Å². The lowest BCUT2D eigenvalue weighted by atomic mass is 10.1. The van der Waals surface area contributed by atoms with E-state index in [-0.39, 0.29) is 30.8 Å². The molecule has 0 atom stereocenters. The zero-order valence-electron chi connectivity index (χ0n) is 19.4. The molecule has 0 radical (unpaired) electrons. The van der Waals surface area contributed by atoms with Gasteiger partial charge >= 0.3 is 22.3 Å². The number of alkyl halides is 3. The van der Waals surface area contributed by atoms with E-state index in [0.717, 1.165) is 10.4 Å². The molecule has 3 heterocycles. The van der Waals surface area contributed by atoms with Crippen LogP contribution in [0, 0.1) is 5.82 Å². The average Bonchev–Trinajstić information content (AvgIpc) is 3.34. The minimum Gasteiger partial charge on any atom is -0.413 e. The molecule has 0 saturated carbocycles. The molecule has 0 spiro atoms. The van der Waals surface area contributed by atoms with Gasteiger partial charge in [0.2, 0.25) is 5.89 Å². The highest BCUT2D eigenvalue weighted by Gasteiger charge is 2.39. The summed E-state index contributed by atoms with van der Waals surface area (Å²) in [5.41, 5.74) is 0.318. The first kappa shape index (κ1) is 25.6. The highest BCUT2D eigenvalue weighted by molar-refractivity contribution is 7.90. The van der Waals surface area contributed by atoms with E-state index in [1.165, 1.54) is 16.4 Å². The summed E-state index contributed by atoms with van der Waals surface area (Å²) >= 11 is 0. The summed E-state index contributed by atoms with van der Waals surface area (Å²) in [7, 11) is -4.03. The van der Waals surface area contributed by atoms with E-state index < -0.39 is 34.0 Å². The monoisotopic (exact) mass is 541 g/mol. The number of para-hydroxylation sites is 1. The van der Waals surface area contributed by atoms with Crippen molar-refractivity contribution >= 4 is 15.9 Å². The van der Waals surface area contributed by atoms with Crippen LogP contribution < -0.4 is 4.31 Å². The molecule has 0 amide bonds. The van der Waals surface area contributed by atoms with Gasteiger partial charge < -0.3 is 9.15 Å². The molecular formula is C23H23F4N5O4S. The van der Waals surface area contributed by atoms with E-state index >= 15 is 4.39 Å². The quantitative estimate of drug-likeness (QED) is 0.425. The van der Waals surface area contributed by atoms with Crippen LogP contribution in [0.1, 0.15) is 11.5 Å². The van der Waals surface area contributed by atoms with Gasteiger partial charge in [-0.15, -0.1) is 10.2 Å². The molecule has 198 valence electrons. The maximum atomic E-state index is 15.1. The fraction of sp³-hybridized carbons (Fsp3) is 0.391. The molecule has 2 aliphatic rings. The SMILES string of the molecule is O=S(=O)(N1CCN(C2COC2)CC1)N(Cc1ccc(-c2nnc(C(F)(F)F)o2)cc1F)c1ccccc1. The first-order chi connectivity index (χ1) is 17.6. The standard InChI is InChI=1S/C23H23F4N5O4S/c24-20-12-16(21-28-29-22(36-21)23(25,26)27)6-7-17(20)13-32(18-4-2-1-3-5-18)37(33,34)31-10-8-30(9-11-31)19-14-35-15-19/h1-7,12,19H,8-11,13-15H2. The molecule has 5 rings (SSSR count). The molecule has 2 aliphatic heterocycles. The molecule has 0 N–H and O–H groups in total. The minimum absolute atomic E-state index is 0.0250. The van der Waals surface area contributed by atoms with Gasteiger partial charge in [0.15, 0.2) is 0 Å². The minimum atomic E-state index is -4.83. The van der Waals surface area contributed by atoms with Crippen molar-refractivity contribution in [3.8, 4) is 11.5 Å². The molecule has 9 nitrogen and oxygen atoms in total. The lowest BCUT2D eigenvalue weighted by Gasteiger charge is -2.43. The Morgan fingerprint density at radius 1 is 1.00 bits per heavy atom. The third-order valence-electron chi connectivity index (χ3n) is 6.34. The van der Waals surface area contributed by atoms with Gasteiger partial charge in [0, 0.05) is 37.3 Å². The Labute approximate surface area is 210 Å². The van der Waals surface area contributed by atoms with Crippen LogP contribution in [0.25, 0.3) is 11.5 Å². The molecule has 2 saturated heterocycles. The third kappa shape index (κ3) is 5.32. The number of aromatic nitrogens is 2. The van der Waals surface area contributed by atoms with Crippen molar-refractivity contribution in [1.29, 1.82) is 0 Å². The van der Waals surface area contributed by atoms with Crippen LogP contribution >= 0.6 is 0 Å². The molecule has 1 aromatic heterocycles. The number of benzene rings is 2. The smallest absolute Gasteiger partial charge is 0.413 e. The molecular weight excluding hydrogens is 518 g/mol. The highest BCUT2D eigenvalue weighted by Crippen LogP contribution is 2.31. The molecule has 37 heavy (non-hydrogen) atoms. The number of nitrogens with zero attached hydrogens (tertiary/aromatic N) is 5. The van der Waals surface area contributed by atoms with Crippen molar-refractivity contribution in [1.82, 2.24) is 19.4 Å². The summed E-state index contributed by atoms with van der Waals surface area (Å²) in [5, 5.41) is 6.28. The van der Waals surface area contributed by atoms with E-state index in [4.69, 9.17) is 4.74 Å². The van der Waals surface area contributed by atoms with Gasteiger partial charge in [0.05, 0.1) is 31.5 Å². The lowest BCUT2D eigenvalue weighted by Crippen LogP contribution is -2.59. The largest absolute Gasteiger partial charge is 0.470 e. The Bertz CT molecular complexity index is 1340. The van der Waals surface area contributed by atoms with E-state index in [2.05, 4.69) is 19.5 Å². The van der Waals surface area contributed by atoms with Crippen molar-refractivity contribution < 1.29 is 35.1 Å². The van der Waals surface area contributed by atoms with Crippen molar-refractivity contribution in [3.05, 3.63) is 65.8 Å². The third-order valence-corrected chi connectivity index (χ3v) is 8.26. The fourth-order valence-electron chi connectivity index (χ4n) is 4.19. The zero-order valence-corrected chi connectivity index (χ0v) is 20.3.